The lowest BCUT2D eigenvalue weighted by atomic mass is 10.1. The van der Waals surface area contributed by atoms with Crippen LogP contribution in [0.1, 0.15) is 29.8 Å². The molecule has 1 saturated heterocycles. The lowest BCUT2D eigenvalue weighted by molar-refractivity contribution is -0.0720. The van der Waals surface area contributed by atoms with Crippen molar-refractivity contribution >= 4 is 17.7 Å². The maximum atomic E-state index is 12.3. The third kappa shape index (κ3) is 3.52. The smallest absolute Gasteiger partial charge is 0.336 e. The predicted molar refractivity (Wildman–Crippen MR) is 78.8 cm³/mol. The molecule has 0 spiro atoms. The molecule has 1 aliphatic rings. The van der Waals surface area contributed by atoms with Gasteiger partial charge in [-0.25, -0.2) is 9.59 Å². The molecule has 0 unspecified atom stereocenters. The Hall–Kier alpha value is -2.08. The van der Waals surface area contributed by atoms with E-state index in [1.165, 1.54) is 6.07 Å². The van der Waals surface area contributed by atoms with Gasteiger partial charge in [-0.05, 0) is 38.5 Å². The van der Waals surface area contributed by atoms with E-state index in [2.05, 4.69) is 5.32 Å². The van der Waals surface area contributed by atoms with Crippen LogP contribution in [0.15, 0.2) is 18.2 Å². The highest BCUT2D eigenvalue weighted by Gasteiger charge is 2.30. The van der Waals surface area contributed by atoms with Crippen molar-refractivity contribution in [2.24, 2.45) is 0 Å². The Morgan fingerprint density at radius 3 is 2.71 bits per heavy atom. The Kier molecular flexibility index (Phi) is 4.18. The minimum Gasteiger partial charge on any atom is -0.478 e. The maximum absolute atomic E-state index is 12.3. The Bertz CT molecular complexity index is 569. The third-order valence-corrected chi connectivity index (χ3v) is 3.52. The van der Waals surface area contributed by atoms with E-state index < -0.39 is 5.97 Å². The normalized spacial score (nSPS) is 17.4. The van der Waals surface area contributed by atoms with Crippen molar-refractivity contribution in [3.8, 4) is 0 Å². The number of carboxylic acid groups (broad SMARTS) is 1. The van der Waals surface area contributed by atoms with Gasteiger partial charge in [0.1, 0.15) is 0 Å². The molecular weight excluding hydrogens is 272 g/mol. The molecule has 0 aromatic heterocycles. The number of ether oxygens (including phenoxy) is 1. The van der Waals surface area contributed by atoms with Crippen molar-refractivity contribution in [2.75, 3.05) is 25.0 Å². The van der Waals surface area contributed by atoms with Crippen molar-refractivity contribution in [2.45, 2.75) is 26.4 Å². The highest BCUT2D eigenvalue weighted by molar-refractivity contribution is 5.95. The molecule has 0 radical (unpaired) electrons. The molecule has 2 amide bonds. The standard InChI is InChI=1S/C15H20N2O4/c1-10-11(13(18)19)5-4-6-12(10)16-14(20)17-7-8-21-15(2,3)9-17/h4-6H,7-9H2,1-3H3,(H,16,20)(H,18,19). The molecule has 2 N–H and O–H groups in total. The molecule has 2 rings (SSSR count). The van der Waals surface area contributed by atoms with Crippen LogP contribution >= 0.6 is 0 Å². The largest absolute Gasteiger partial charge is 0.478 e. The SMILES string of the molecule is Cc1c(NC(=O)N2CCOC(C)(C)C2)cccc1C(=O)O. The van der Waals surface area contributed by atoms with E-state index in [0.717, 1.165) is 0 Å². The molecule has 114 valence electrons. The first-order valence-corrected chi connectivity index (χ1v) is 6.83. The Balaban J connectivity index is 2.13. The minimum absolute atomic E-state index is 0.190. The number of carbonyl (C=O) groups is 2. The van der Waals surface area contributed by atoms with E-state index in [1.54, 1.807) is 24.0 Å². The van der Waals surface area contributed by atoms with Crippen LogP contribution in [0.2, 0.25) is 0 Å². The molecule has 21 heavy (non-hydrogen) atoms. The monoisotopic (exact) mass is 292 g/mol. The summed E-state index contributed by atoms with van der Waals surface area (Å²) < 4.78 is 5.57. The summed E-state index contributed by atoms with van der Waals surface area (Å²) in [5.41, 5.74) is 0.887. The number of urea groups is 1. The minimum atomic E-state index is -1.00. The van der Waals surface area contributed by atoms with Crippen LogP contribution in [-0.4, -0.2) is 47.3 Å². The topological polar surface area (TPSA) is 78.9 Å². The number of hydrogen-bond acceptors (Lipinski definition) is 3. The highest BCUT2D eigenvalue weighted by Crippen LogP contribution is 2.21. The number of amides is 2. The summed E-state index contributed by atoms with van der Waals surface area (Å²) in [6, 6.07) is 4.60. The summed E-state index contributed by atoms with van der Waals surface area (Å²) in [4.78, 5) is 25.1. The summed E-state index contributed by atoms with van der Waals surface area (Å²) >= 11 is 0. The summed E-state index contributed by atoms with van der Waals surface area (Å²) in [5.74, 6) is -1.00. The van der Waals surface area contributed by atoms with Gasteiger partial charge in [0.05, 0.1) is 24.3 Å². The summed E-state index contributed by atoms with van der Waals surface area (Å²) in [5, 5.41) is 11.9. The van der Waals surface area contributed by atoms with Crippen LogP contribution in [0.5, 0.6) is 0 Å². The van der Waals surface area contributed by atoms with Crippen LogP contribution in [0.25, 0.3) is 0 Å². The van der Waals surface area contributed by atoms with Gasteiger partial charge in [-0.2, -0.15) is 0 Å². The van der Waals surface area contributed by atoms with Crippen LogP contribution < -0.4 is 5.32 Å². The first kappa shape index (κ1) is 15.3. The average molecular weight is 292 g/mol. The molecular formula is C15H20N2O4. The fourth-order valence-corrected chi connectivity index (χ4v) is 2.39. The van der Waals surface area contributed by atoms with E-state index in [4.69, 9.17) is 9.84 Å². The fraction of sp³-hybridized carbons (Fsp3) is 0.467. The first-order chi connectivity index (χ1) is 9.80. The van der Waals surface area contributed by atoms with Gasteiger partial charge in [-0.15, -0.1) is 0 Å². The summed E-state index contributed by atoms with van der Waals surface area (Å²) in [6.07, 6.45) is 0. The van der Waals surface area contributed by atoms with Crippen molar-refractivity contribution in [3.05, 3.63) is 29.3 Å². The number of hydrogen-bond donors (Lipinski definition) is 2. The van der Waals surface area contributed by atoms with Crippen molar-refractivity contribution < 1.29 is 19.4 Å². The van der Waals surface area contributed by atoms with Gasteiger partial charge in [0.15, 0.2) is 0 Å². The zero-order chi connectivity index (χ0) is 15.6. The highest BCUT2D eigenvalue weighted by atomic mass is 16.5. The number of anilines is 1. The van der Waals surface area contributed by atoms with Gasteiger partial charge in [-0.3, -0.25) is 0 Å². The molecule has 0 atom stereocenters. The number of morpholine rings is 1. The second-order valence-electron chi connectivity index (χ2n) is 5.74. The lowest BCUT2D eigenvalue weighted by Gasteiger charge is -2.38. The predicted octanol–water partition coefficient (Wildman–Crippen LogP) is 2.34. The number of nitrogens with one attached hydrogen (secondary N) is 1. The molecule has 6 nitrogen and oxygen atoms in total. The van der Waals surface area contributed by atoms with E-state index in [-0.39, 0.29) is 17.2 Å². The number of nitrogens with zero attached hydrogens (tertiary/aromatic N) is 1. The average Bonchev–Trinajstić information content (AvgIpc) is 2.39. The molecule has 1 aliphatic heterocycles. The van der Waals surface area contributed by atoms with Crippen LogP contribution in [0.3, 0.4) is 0 Å². The maximum Gasteiger partial charge on any atom is 0.336 e. The fourth-order valence-electron chi connectivity index (χ4n) is 2.39. The second-order valence-corrected chi connectivity index (χ2v) is 5.74. The van der Waals surface area contributed by atoms with Gasteiger partial charge in [0, 0.05) is 12.2 Å². The molecule has 1 aromatic rings. The van der Waals surface area contributed by atoms with Gasteiger partial charge < -0.3 is 20.1 Å². The van der Waals surface area contributed by atoms with E-state index in [0.29, 0.717) is 30.9 Å². The van der Waals surface area contributed by atoms with Crippen LogP contribution in [0.4, 0.5) is 10.5 Å². The van der Waals surface area contributed by atoms with Gasteiger partial charge in [0.25, 0.3) is 0 Å². The van der Waals surface area contributed by atoms with Crippen molar-refractivity contribution in [3.63, 3.8) is 0 Å². The quantitative estimate of drug-likeness (QED) is 0.877. The number of carboxylic acids is 1. The molecule has 1 fully saturated rings. The Morgan fingerprint density at radius 1 is 1.38 bits per heavy atom. The first-order valence-electron chi connectivity index (χ1n) is 6.83. The zero-order valence-corrected chi connectivity index (χ0v) is 12.5. The van der Waals surface area contributed by atoms with Gasteiger partial charge in [0.2, 0.25) is 0 Å². The molecule has 0 aliphatic carbocycles. The Labute approximate surface area is 123 Å². The molecule has 0 bridgehead atoms. The van der Waals surface area contributed by atoms with Crippen LogP contribution in [0, 0.1) is 6.92 Å². The van der Waals surface area contributed by atoms with Gasteiger partial charge >= 0.3 is 12.0 Å². The zero-order valence-electron chi connectivity index (χ0n) is 12.5. The molecule has 1 heterocycles. The molecule has 6 heteroatoms. The molecule has 1 aromatic carbocycles. The number of carbonyl (C=O) groups excluding carboxylic acids is 1. The summed E-state index contributed by atoms with van der Waals surface area (Å²) in [7, 11) is 0. The summed E-state index contributed by atoms with van der Waals surface area (Å²) in [6.45, 7) is 7.06. The van der Waals surface area contributed by atoms with E-state index in [9.17, 15) is 9.59 Å². The second kappa shape index (κ2) is 5.73. The lowest BCUT2D eigenvalue weighted by Crippen LogP contribution is -2.51. The molecule has 0 saturated carbocycles. The van der Waals surface area contributed by atoms with Crippen LogP contribution in [-0.2, 0) is 4.74 Å². The number of aromatic carboxylic acids is 1. The van der Waals surface area contributed by atoms with Crippen molar-refractivity contribution in [1.29, 1.82) is 0 Å². The Morgan fingerprint density at radius 2 is 2.10 bits per heavy atom. The van der Waals surface area contributed by atoms with Gasteiger partial charge in [-0.1, -0.05) is 6.07 Å². The van der Waals surface area contributed by atoms with E-state index >= 15 is 0 Å². The third-order valence-electron chi connectivity index (χ3n) is 3.52. The van der Waals surface area contributed by atoms with E-state index in [1.807, 2.05) is 13.8 Å². The van der Waals surface area contributed by atoms with Crippen molar-refractivity contribution in [1.82, 2.24) is 4.90 Å². The number of rotatable bonds is 2. The number of benzene rings is 1.